The molecule has 1 N–H and O–H groups in total. The Morgan fingerprint density at radius 2 is 1.88 bits per heavy atom. The van der Waals surface area contributed by atoms with Gasteiger partial charge >= 0.3 is 0 Å². The average molecular weight is 499 g/mol. The molecule has 1 aliphatic heterocycles. The Balaban J connectivity index is 1.34. The highest BCUT2D eigenvalue weighted by atomic mass is 32.2. The van der Waals surface area contributed by atoms with Crippen LogP contribution in [0.5, 0.6) is 5.75 Å². The molecule has 178 valence electrons. The van der Waals surface area contributed by atoms with Gasteiger partial charge in [-0.25, -0.2) is 4.39 Å². The molecular formula is C26H27FN2O3S2. The Kier molecular flexibility index (Phi) is 8.34. The lowest BCUT2D eigenvalue weighted by atomic mass is 9.97. The Hall–Kier alpha value is -2.71. The van der Waals surface area contributed by atoms with Gasteiger partial charge in [-0.05, 0) is 56.4 Å². The summed E-state index contributed by atoms with van der Waals surface area (Å²) in [7, 11) is 0. The molecule has 34 heavy (non-hydrogen) atoms. The number of ether oxygens (including phenoxy) is 1. The predicted octanol–water partition coefficient (Wildman–Crippen LogP) is 6.16. The number of thiocarbonyl (C=S) groups is 1. The van der Waals surface area contributed by atoms with E-state index in [1.807, 2.05) is 30.3 Å². The van der Waals surface area contributed by atoms with Gasteiger partial charge in [-0.1, -0.05) is 60.7 Å². The van der Waals surface area contributed by atoms with E-state index in [1.54, 1.807) is 12.1 Å². The summed E-state index contributed by atoms with van der Waals surface area (Å²) in [4.78, 5) is 27.2. The second kappa shape index (κ2) is 11.6. The maximum absolute atomic E-state index is 13.7. The van der Waals surface area contributed by atoms with Gasteiger partial charge in [0.2, 0.25) is 5.91 Å². The molecule has 0 aromatic heterocycles. The third-order valence-electron chi connectivity index (χ3n) is 5.86. The number of carbonyl (C=O) groups is 2. The fraction of sp³-hybridized carbons (Fsp3) is 0.346. The lowest BCUT2D eigenvalue weighted by molar-refractivity contribution is -0.122. The van der Waals surface area contributed by atoms with Crippen LogP contribution in [0.3, 0.4) is 0 Å². The summed E-state index contributed by atoms with van der Waals surface area (Å²) in [5, 5.41) is 2.56. The number of hydrogen-bond acceptors (Lipinski definition) is 5. The minimum atomic E-state index is -0.481. The second-order valence-corrected chi connectivity index (χ2v) is 10.1. The molecule has 1 saturated heterocycles. The summed E-state index contributed by atoms with van der Waals surface area (Å²) in [5.74, 6) is -0.174. The first kappa shape index (κ1) is 24.4. The van der Waals surface area contributed by atoms with Crippen molar-refractivity contribution in [2.75, 3.05) is 11.9 Å². The van der Waals surface area contributed by atoms with Crippen molar-refractivity contribution in [2.45, 2.75) is 51.0 Å². The van der Waals surface area contributed by atoms with Crippen LogP contribution in [0.1, 0.15) is 50.5 Å². The van der Waals surface area contributed by atoms with E-state index in [1.165, 1.54) is 48.1 Å². The van der Waals surface area contributed by atoms with Crippen molar-refractivity contribution in [3.8, 4) is 5.75 Å². The van der Waals surface area contributed by atoms with Crippen LogP contribution < -0.4 is 10.1 Å². The van der Waals surface area contributed by atoms with E-state index < -0.39 is 5.82 Å². The monoisotopic (exact) mass is 498 g/mol. The fourth-order valence-corrected chi connectivity index (χ4v) is 5.38. The maximum Gasteiger partial charge on any atom is 0.266 e. The molecule has 0 radical (unpaired) electrons. The number of halogens is 1. The number of thioether (sulfide) groups is 1. The molecule has 1 heterocycles. The number of para-hydroxylation sites is 2. The van der Waals surface area contributed by atoms with Gasteiger partial charge in [0.1, 0.15) is 15.9 Å². The van der Waals surface area contributed by atoms with E-state index in [0.29, 0.717) is 22.2 Å². The summed E-state index contributed by atoms with van der Waals surface area (Å²) < 4.78 is 20.4. The zero-order valence-corrected chi connectivity index (χ0v) is 20.4. The van der Waals surface area contributed by atoms with Gasteiger partial charge in [0.25, 0.3) is 5.91 Å². The largest absolute Gasteiger partial charge is 0.490 e. The summed E-state index contributed by atoms with van der Waals surface area (Å²) in [6.45, 7) is 0.326. The molecule has 0 atom stereocenters. The molecule has 2 aliphatic rings. The van der Waals surface area contributed by atoms with Crippen LogP contribution in [-0.2, 0) is 9.59 Å². The van der Waals surface area contributed by atoms with Crippen molar-refractivity contribution in [2.24, 2.45) is 0 Å². The normalized spacial score (nSPS) is 17.9. The smallest absolute Gasteiger partial charge is 0.266 e. The van der Waals surface area contributed by atoms with Crippen molar-refractivity contribution in [3.05, 3.63) is 64.8 Å². The predicted molar refractivity (Wildman–Crippen MR) is 138 cm³/mol. The molecule has 0 unspecified atom stereocenters. The van der Waals surface area contributed by atoms with Gasteiger partial charge in [-0.15, -0.1) is 0 Å². The van der Waals surface area contributed by atoms with Crippen LogP contribution in [0.15, 0.2) is 53.4 Å². The van der Waals surface area contributed by atoms with E-state index >= 15 is 0 Å². The van der Waals surface area contributed by atoms with Gasteiger partial charge in [0, 0.05) is 18.5 Å². The van der Waals surface area contributed by atoms with Crippen molar-refractivity contribution >= 4 is 51.9 Å². The van der Waals surface area contributed by atoms with E-state index in [2.05, 4.69) is 5.32 Å². The van der Waals surface area contributed by atoms with Gasteiger partial charge < -0.3 is 10.1 Å². The average Bonchev–Trinajstić information content (AvgIpc) is 3.10. The third-order valence-corrected chi connectivity index (χ3v) is 7.24. The topological polar surface area (TPSA) is 58.6 Å². The van der Waals surface area contributed by atoms with Crippen molar-refractivity contribution in [3.63, 3.8) is 0 Å². The Labute approximate surface area is 208 Å². The lowest BCUT2D eigenvalue weighted by Crippen LogP contribution is -2.29. The lowest BCUT2D eigenvalue weighted by Gasteiger charge is -2.23. The molecule has 8 heteroatoms. The zero-order valence-electron chi connectivity index (χ0n) is 18.8. The first-order valence-corrected chi connectivity index (χ1v) is 12.8. The van der Waals surface area contributed by atoms with Gasteiger partial charge in [-0.2, -0.15) is 0 Å². The van der Waals surface area contributed by atoms with E-state index in [0.717, 1.165) is 24.2 Å². The fourth-order valence-electron chi connectivity index (χ4n) is 4.08. The highest BCUT2D eigenvalue weighted by molar-refractivity contribution is 8.26. The first-order chi connectivity index (χ1) is 16.5. The standard InChI is InChI=1S/C26H27FN2O3S2/c27-20-12-5-6-13-21(20)28-24(30)15-8-16-29-25(31)23(34-26(29)33)17-18-9-4-7-14-22(18)32-19-10-2-1-3-11-19/h4-7,9,12-14,17,19H,1-3,8,10-11,15-16H2,(H,28,30)/b23-17-. The molecule has 2 amide bonds. The SMILES string of the molecule is O=C(CCCN1C(=O)/C(=C/c2ccccc2OC2CCCCC2)SC1=S)Nc1ccccc1F. The number of nitrogens with zero attached hydrogens (tertiary/aromatic N) is 1. The van der Waals surface area contributed by atoms with Crippen LogP contribution in [0, 0.1) is 5.82 Å². The quantitative estimate of drug-likeness (QED) is 0.349. The van der Waals surface area contributed by atoms with Crippen LogP contribution in [0.2, 0.25) is 0 Å². The zero-order chi connectivity index (χ0) is 23.9. The summed E-state index contributed by atoms with van der Waals surface area (Å²) in [6, 6.07) is 13.8. The Bertz CT molecular complexity index is 1100. The van der Waals surface area contributed by atoms with Crippen LogP contribution in [0.4, 0.5) is 10.1 Å². The number of nitrogens with one attached hydrogen (secondary N) is 1. The molecule has 2 aromatic carbocycles. The highest BCUT2D eigenvalue weighted by Crippen LogP contribution is 2.35. The molecule has 0 spiro atoms. The number of hydrogen-bond donors (Lipinski definition) is 1. The van der Waals surface area contributed by atoms with Crippen LogP contribution >= 0.6 is 24.0 Å². The number of carbonyl (C=O) groups excluding carboxylic acids is 2. The summed E-state index contributed by atoms with van der Waals surface area (Å²) in [5.41, 5.74) is 1.01. The minimum absolute atomic E-state index is 0.148. The molecule has 2 fully saturated rings. The molecule has 4 rings (SSSR count). The van der Waals surface area contributed by atoms with Gasteiger partial charge in [0.15, 0.2) is 0 Å². The van der Waals surface area contributed by atoms with Crippen molar-refractivity contribution < 1.29 is 18.7 Å². The molecule has 2 aromatic rings. The molecule has 5 nitrogen and oxygen atoms in total. The molecular weight excluding hydrogens is 471 g/mol. The summed E-state index contributed by atoms with van der Waals surface area (Å²) in [6.07, 6.45) is 8.37. The molecule has 1 aliphatic carbocycles. The molecule has 1 saturated carbocycles. The van der Waals surface area contributed by atoms with Crippen molar-refractivity contribution in [1.82, 2.24) is 4.90 Å². The van der Waals surface area contributed by atoms with Crippen LogP contribution in [0.25, 0.3) is 6.08 Å². The number of rotatable bonds is 8. The number of anilines is 1. The Morgan fingerprint density at radius 1 is 1.15 bits per heavy atom. The van der Waals surface area contributed by atoms with Crippen LogP contribution in [-0.4, -0.2) is 33.7 Å². The van der Waals surface area contributed by atoms with Gasteiger partial charge in [-0.3, -0.25) is 14.5 Å². The number of benzene rings is 2. The maximum atomic E-state index is 13.7. The molecule has 0 bridgehead atoms. The minimum Gasteiger partial charge on any atom is -0.490 e. The van der Waals surface area contributed by atoms with E-state index in [4.69, 9.17) is 17.0 Å². The Morgan fingerprint density at radius 3 is 2.68 bits per heavy atom. The number of amides is 2. The third kappa shape index (κ3) is 6.24. The first-order valence-electron chi connectivity index (χ1n) is 11.6. The van der Waals surface area contributed by atoms with Gasteiger partial charge in [0.05, 0.1) is 16.7 Å². The second-order valence-electron chi connectivity index (χ2n) is 8.38. The van der Waals surface area contributed by atoms with E-state index in [9.17, 15) is 14.0 Å². The highest BCUT2D eigenvalue weighted by Gasteiger charge is 2.32. The summed E-state index contributed by atoms with van der Waals surface area (Å²) >= 11 is 6.68. The van der Waals surface area contributed by atoms with Crippen molar-refractivity contribution in [1.29, 1.82) is 0 Å². The van der Waals surface area contributed by atoms with E-state index in [-0.39, 0.29) is 30.0 Å².